The van der Waals surface area contributed by atoms with Gasteiger partial charge in [-0.2, -0.15) is 0 Å². The van der Waals surface area contributed by atoms with E-state index in [2.05, 4.69) is 15.3 Å². The van der Waals surface area contributed by atoms with Gasteiger partial charge in [0.05, 0.1) is 0 Å². The topological polar surface area (TPSA) is 112 Å². The molecule has 0 spiro atoms. The van der Waals surface area contributed by atoms with Crippen LogP contribution in [0, 0.1) is 6.92 Å². The summed E-state index contributed by atoms with van der Waals surface area (Å²) in [5, 5.41) is 20.8. The smallest absolute Gasteiger partial charge is 0.358 e. The molecule has 1 aromatic heterocycles. The summed E-state index contributed by atoms with van der Waals surface area (Å²) in [6.07, 6.45) is 2.49. The Hall–Kier alpha value is -2.96. The molecule has 0 saturated carbocycles. The van der Waals surface area contributed by atoms with Crippen molar-refractivity contribution in [3.63, 3.8) is 0 Å². The number of hydrogen-bond donors (Lipinski definition) is 3. The Balaban J connectivity index is 2.28. The maximum atomic E-state index is 12.0. The van der Waals surface area contributed by atoms with Crippen LogP contribution in [0.4, 0.5) is 5.82 Å². The summed E-state index contributed by atoms with van der Waals surface area (Å²) in [5.41, 5.74) is 0.472. The fraction of sp³-hybridized carbons (Fsp3) is 0.0769. The van der Waals surface area contributed by atoms with Gasteiger partial charge in [0.25, 0.3) is 5.91 Å². The summed E-state index contributed by atoms with van der Waals surface area (Å²) in [6, 6.07) is 4.39. The Morgan fingerprint density at radius 2 is 1.90 bits per heavy atom. The van der Waals surface area contributed by atoms with E-state index in [9.17, 15) is 14.7 Å². The van der Waals surface area contributed by atoms with Crippen LogP contribution in [0.25, 0.3) is 0 Å². The third kappa shape index (κ3) is 2.72. The number of carbonyl (C=O) groups excluding carboxylic acids is 1. The number of rotatable bonds is 3. The molecule has 0 radical (unpaired) electrons. The number of aromatic carboxylic acids is 1. The van der Waals surface area contributed by atoms with E-state index in [1.807, 2.05) is 0 Å². The van der Waals surface area contributed by atoms with Gasteiger partial charge in [-0.05, 0) is 24.6 Å². The number of amides is 1. The van der Waals surface area contributed by atoms with E-state index in [1.165, 1.54) is 24.5 Å². The van der Waals surface area contributed by atoms with E-state index in [1.54, 1.807) is 13.0 Å². The van der Waals surface area contributed by atoms with Gasteiger partial charge in [0.1, 0.15) is 5.75 Å². The zero-order valence-electron chi connectivity index (χ0n) is 10.5. The molecule has 1 amide bonds. The summed E-state index contributed by atoms with van der Waals surface area (Å²) < 4.78 is 0. The minimum absolute atomic E-state index is 0.0183. The van der Waals surface area contributed by atoms with Crippen molar-refractivity contribution < 1.29 is 19.8 Å². The summed E-state index contributed by atoms with van der Waals surface area (Å²) >= 11 is 0. The lowest BCUT2D eigenvalue weighted by atomic mass is 10.1. The molecule has 7 nitrogen and oxygen atoms in total. The second-order valence-corrected chi connectivity index (χ2v) is 4.01. The molecule has 0 bridgehead atoms. The number of aromatic hydroxyl groups is 1. The van der Waals surface area contributed by atoms with Gasteiger partial charge in [0, 0.05) is 18.0 Å². The summed E-state index contributed by atoms with van der Waals surface area (Å²) in [7, 11) is 0. The number of nitrogens with one attached hydrogen (secondary N) is 1. The molecule has 2 rings (SSSR count). The minimum atomic E-state index is -1.29. The van der Waals surface area contributed by atoms with E-state index in [-0.39, 0.29) is 22.8 Å². The fourth-order valence-electron chi connectivity index (χ4n) is 1.52. The van der Waals surface area contributed by atoms with Crippen molar-refractivity contribution in [2.45, 2.75) is 6.92 Å². The highest BCUT2D eigenvalue weighted by atomic mass is 16.4. The molecular weight excluding hydrogens is 262 g/mol. The average molecular weight is 273 g/mol. The van der Waals surface area contributed by atoms with E-state index < -0.39 is 11.9 Å². The lowest BCUT2D eigenvalue weighted by molar-refractivity contribution is 0.0691. The predicted octanol–water partition coefficient (Wildman–Crippen LogP) is 1.44. The molecule has 102 valence electrons. The van der Waals surface area contributed by atoms with Crippen LogP contribution in [0.1, 0.15) is 26.4 Å². The van der Waals surface area contributed by atoms with Crippen molar-refractivity contribution in [1.82, 2.24) is 9.97 Å². The number of phenols is 1. The SMILES string of the molecule is Cc1ccc(C(=O)Nc2nccnc2C(=O)O)cc1O. The van der Waals surface area contributed by atoms with Crippen molar-refractivity contribution >= 4 is 17.7 Å². The van der Waals surface area contributed by atoms with Crippen molar-refractivity contribution in [3.8, 4) is 5.75 Å². The Morgan fingerprint density at radius 1 is 1.20 bits per heavy atom. The van der Waals surface area contributed by atoms with Crippen molar-refractivity contribution in [1.29, 1.82) is 0 Å². The molecule has 0 fully saturated rings. The molecule has 0 aliphatic rings. The first-order chi connectivity index (χ1) is 9.49. The van der Waals surface area contributed by atoms with Crippen molar-refractivity contribution in [2.24, 2.45) is 0 Å². The number of aryl methyl sites for hydroxylation is 1. The summed E-state index contributed by atoms with van der Waals surface area (Å²) in [4.78, 5) is 30.3. The molecule has 0 saturated heterocycles. The first-order valence-corrected chi connectivity index (χ1v) is 5.64. The Bertz CT molecular complexity index is 685. The van der Waals surface area contributed by atoms with E-state index in [0.717, 1.165) is 0 Å². The highest BCUT2D eigenvalue weighted by Gasteiger charge is 2.16. The van der Waals surface area contributed by atoms with Gasteiger partial charge in [-0.25, -0.2) is 14.8 Å². The van der Waals surface area contributed by atoms with Crippen LogP contribution in [-0.4, -0.2) is 32.1 Å². The van der Waals surface area contributed by atoms with Crippen LogP contribution in [0.5, 0.6) is 5.75 Å². The predicted molar refractivity (Wildman–Crippen MR) is 69.8 cm³/mol. The highest BCUT2D eigenvalue weighted by molar-refractivity contribution is 6.06. The van der Waals surface area contributed by atoms with Gasteiger partial charge in [-0.15, -0.1) is 0 Å². The second kappa shape index (κ2) is 5.35. The van der Waals surface area contributed by atoms with Crippen LogP contribution in [0.2, 0.25) is 0 Å². The van der Waals surface area contributed by atoms with Gasteiger partial charge < -0.3 is 15.5 Å². The number of carboxylic acids is 1. The molecule has 0 aliphatic heterocycles. The number of carbonyl (C=O) groups is 2. The molecule has 1 aromatic carbocycles. The Labute approximate surface area is 113 Å². The third-order valence-corrected chi connectivity index (χ3v) is 2.60. The first-order valence-electron chi connectivity index (χ1n) is 5.64. The van der Waals surface area contributed by atoms with Crippen molar-refractivity contribution in [3.05, 3.63) is 47.4 Å². The fourth-order valence-corrected chi connectivity index (χ4v) is 1.52. The first kappa shape index (κ1) is 13.5. The molecule has 0 atom stereocenters. The van der Waals surface area contributed by atoms with Gasteiger partial charge in [-0.1, -0.05) is 6.07 Å². The number of carboxylic acid groups (broad SMARTS) is 1. The second-order valence-electron chi connectivity index (χ2n) is 4.01. The summed E-state index contributed by atoms with van der Waals surface area (Å²) in [5.74, 6) is -2.04. The van der Waals surface area contributed by atoms with Gasteiger partial charge in [-0.3, -0.25) is 4.79 Å². The molecule has 2 aromatic rings. The largest absolute Gasteiger partial charge is 0.508 e. The Morgan fingerprint density at radius 3 is 2.55 bits per heavy atom. The van der Waals surface area contributed by atoms with Gasteiger partial charge in [0.2, 0.25) is 0 Å². The maximum Gasteiger partial charge on any atom is 0.358 e. The molecule has 0 unspecified atom stereocenters. The van der Waals surface area contributed by atoms with Gasteiger partial charge >= 0.3 is 5.97 Å². The lowest BCUT2D eigenvalue weighted by Gasteiger charge is -2.07. The molecule has 20 heavy (non-hydrogen) atoms. The average Bonchev–Trinajstić information content (AvgIpc) is 2.42. The van der Waals surface area contributed by atoms with E-state index in [0.29, 0.717) is 5.56 Å². The van der Waals surface area contributed by atoms with Crippen LogP contribution >= 0.6 is 0 Å². The number of anilines is 1. The molecular formula is C13H11N3O4. The molecule has 0 aliphatic carbocycles. The summed E-state index contributed by atoms with van der Waals surface area (Å²) in [6.45, 7) is 1.70. The minimum Gasteiger partial charge on any atom is -0.508 e. The Kier molecular flexibility index (Phi) is 3.60. The zero-order valence-corrected chi connectivity index (χ0v) is 10.5. The lowest BCUT2D eigenvalue weighted by Crippen LogP contribution is -2.17. The van der Waals surface area contributed by atoms with Crippen molar-refractivity contribution in [2.75, 3.05) is 5.32 Å². The number of phenolic OH excluding ortho intramolecular Hbond substituents is 1. The highest BCUT2D eigenvalue weighted by Crippen LogP contribution is 2.18. The number of hydrogen-bond acceptors (Lipinski definition) is 5. The van der Waals surface area contributed by atoms with E-state index >= 15 is 0 Å². The number of nitrogens with zero attached hydrogens (tertiary/aromatic N) is 2. The van der Waals surface area contributed by atoms with Crippen LogP contribution in [-0.2, 0) is 0 Å². The number of aromatic nitrogens is 2. The van der Waals surface area contributed by atoms with E-state index in [4.69, 9.17) is 5.11 Å². The third-order valence-electron chi connectivity index (χ3n) is 2.60. The van der Waals surface area contributed by atoms with Gasteiger partial charge in [0.15, 0.2) is 11.5 Å². The standard InChI is InChI=1S/C13H11N3O4/c1-7-2-3-8(6-9(7)17)12(18)16-11-10(13(19)20)14-4-5-15-11/h2-6,17H,1H3,(H,19,20)(H,15,16,18). The molecule has 1 heterocycles. The molecule has 3 N–H and O–H groups in total. The normalized spacial score (nSPS) is 10.1. The van der Waals surface area contributed by atoms with Crippen LogP contribution in [0.15, 0.2) is 30.6 Å². The quantitative estimate of drug-likeness (QED) is 0.780. The van der Waals surface area contributed by atoms with Crippen LogP contribution < -0.4 is 5.32 Å². The zero-order chi connectivity index (χ0) is 14.7. The number of benzene rings is 1. The monoisotopic (exact) mass is 273 g/mol. The molecule has 7 heteroatoms. The van der Waals surface area contributed by atoms with Crippen LogP contribution in [0.3, 0.4) is 0 Å². The maximum absolute atomic E-state index is 12.0.